The highest BCUT2D eigenvalue weighted by Gasteiger charge is 2.47. The lowest BCUT2D eigenvalue weighted by molar-refractivity contribution is 0.761. The van der Waals surface area contributed by atoms with Crippen LogP contribution in [0.4, 0.5) is 11.4 Å². The van der Waals surface area contributed by atoms with E-state index in [0.29, 0.717) is 0 Å². The third-order valence-electron chi connectivity index (χ3n) is 10.1. The van der Waals surface area contributed by atoms with Crippen molar-refractivity contribution in [2.24, 2.45) is 0 Å². The van der Waals surface area contributed by atoms with Crippen LogP contribution in [0.1, 0.15) is 29.2 Å². The minimum Gasteiger partial charge on any atom is -0.310 e. The Morgan fingerprint density at radius 2 is 0.980 bits per heavy atom. The van der Waals surface area contributed by atoms with Crippen molar-refractivity contribution in [1.29, 1.82) is 0 Å². The van der Waals surface area contributed by atoms with Gasteiger partial charge in [0.25, 0.3) is 0 Å². The largest absolute Gasteiger partial charge is 0.310 e. The second-order valence-corrected chi connectivity index (χ2v) is 12.9. The normalized spacial score (nSPS) is 13.5. The molecule has 0 aliphatic heterocycles. The molecule has 0 saturated carbocycles. The van der Waals surface area contributed by atoms with Crippen LogP contribution in [0.25, 0.3) is 27.8 Å². The van der Waals surface area contributed by atoms with E-state index in [4.69, 9.17) is 0 Å². The van der Waals surface area contributed by atoms with Crippen LogP contribution in [0.2, 0.25) is 0 Å². The van der Waals surface area contributed by atoms with Crippen LogP contribution in [-0.2, 0) is 5.41 Å². The summed E-state index contributed by atoms with van der Waals surface area (Å²) in [5, 5.41) is 0. The van der Waals surface area contributed by atoms with Gasteiger partial charge in [-0.1, -0.05) is 189 Å². The molecule has 0 bridgehead atoms. The molecule has 0 aromatic heterocycles. The van der Waals surface area contributed by atoms with Gasteiger partial charge in [-0.2, -0.15) is 0 Å². The molecule has 8 rings (SSSR count). The fourth-order valence-electron chi connectivity index (χ4n) is 7.90. The number of rotatable bonds is 9. The van der Waals surface area contributed by atoms with Crippen LogP contribution in [0.5, 0.6) is 0 Å². The SMILES string of the molecule is C=CC1=C(/C(=C\C)N(c2ccc(-c3ccccc3)cc2)c2cccc(-c3ccccc3)c2)c2ccccc2C1(c1ccccc1)c1ccccc1. The van der Waals surface area contributed by atoms with Crippen LogP contribution in [-0.4, -0.2) is 0 Å². The van der Waals surface area contributed by atoms with Gasteiger partial charge in [-0.05, 0) is 81.3 Å². The molecule has 0 fully saturated rings. The summed E-state index contributed by atoms with van der Waals surface area (Å²) in [5.41, 5.74) is 14.7. The average molecular weight is 654 g/mol. The zero-order chi connectivity index (χ0) is 34.6. The standard InChI is InChI=1S/C50H39N/c1-3-46-49(45-30-17-18-31-47(45)50(46,41-25-13-7-14-26-41)42-27-15-8-16-28-42)48(4-2)51(43-34-32-39(33-35-43)37-20-9-5-10-21-37)44-29-19-24-40(36-44)38-22-11-6-12-23-38/h3-36H,1H2,2H3/b48-4+. The van der Waals surface area contributed by atoms with E-state index in [1.165, 1.54) is 55.7 Å². The zero-order valence-corrected chi connectivity index (χ0v) is 28.8. The predicted octanol–water partition coefficient (Wildman–Crippen LogP) is 13.1. The quantitative estimate of drug-likeness (QED) is 0.150. The first-order valence-electron chi connectivity index (χ1n) is 17.6. The summed E-state index contributed by atoms with van der Waals surface area (Å²) >= 11 is 0. The molecule has 0 unspecified atom stereocenters. The molecular weight excluding hydrogens is 615 g/mol. The van der Waals surface area contributed by atoms with E-state index >= 15 is 0 Å². The van der Waals surface area contributed by atoms with Gasteiger partial charge in [-0.3, -0.25) is 0 Å². The number of nitrogens with zero attached hydrogens (tertiary/aromatic N) is 1. The Hall–Kier alpha value is -6.44. The molecule has 0 amide bonds. The van der Waals surface area contributed by atoms with Gasteiger partial charge in [-0.15, -0.1) is 0 Å². The summed E-state index contributed by atoms with van der Waals surface area (Å²) in [6.07, 6.45) is 4.36. The Labute approximate surface area is 301 Å². The summed E-state index contributed by atoms with van der Waals surface area (Å²) in [6.45, 7) is 6.69. The maximum atomic E-state index is 4.54. The van der Waals surface area contributed by atoms with Crippen LogP contribution in [0.15, 0.2) is 224 Å². The van der Waals surface area contributed by atoms with Crippen molar-refractivity contribution in [3.8, 4) is 22.3 Å². The molecule has 0 atom stereocenters. The third kappa shape index (κ3) is 5.54. The van der Waals surface area contributed by atoms with Crippen molar-refractivity contribution in [1.82, 2.24) is 0 Å². The predicted molar refractivity (Wildman–Crippen MR) is 216 cm³/mol. The highest BCUT2D eigenvalue weighted by atomic mass is 15.2. The number of hydrogen-bond donors (Lipinski definition) is 0. The summed E-state index contributed by atoms with van der Waals surface area (Å²) in [7, 11) is 0. The van der Waals surface area contributed by atoms with E-state index < -0.39 is 5.41 Å². The van der Waals surface area contributed by atoms with Crippen molar-refractivity contribution in [2.45, 2.75) is 12.3 Å². The Morgan fingerprint density at radius 1 is 0.490 bits per heavy atom. The third-order valence-corrected chi connectivity index (χ3v) is 10.1. The maximum Gasteiger partial charge on any atom is 0.0714 e. The van der Waals surface area contributed by atoms with E-state index in [0.717, 1.165) is 17.1 Å². The molecule has 0 spiro atoms. The fourth-order valence-corrected chi connectivity index (χ4v) is 7.90. The van der Waals surface area contributed by atoms with Crippen molar-refractivity contribution in [3.63, 3.8) is 0 Å². The molecule has 0 radical (unpaired) electrons. The molecule has 1 heteroatoms. The molecule has 244 valence electrons. The Bertz CT molecular complexity index is 2310. The van der Waals surface area contributed by atoms with Gasteiger partial charge in [0.1, 0.15) is 0 Å². The maximum absolute atomic E-state index is 4.54. The van der Waals surface area contributed by atoms with Gasteiger partial charge < -0.3 is 4.90 Å². The highest BCUT2D eigenvalue weighted by molar-refractivity contribution is 5.98. The van der Waals surface area contributed by atoms with E-state index in [1.54, 1.807) is 0 Å². The molecule has 51 heavy (non-hydrogen) atoms. The molecule has 0 saturated heterocycles. The molecule has 1 aliphatic carbocycles. The lowest BCUT2D eigenvalue weighted by atomic mass is 9.67. The molecule has 1 nitrogen and oxygen atoms in total. The van der Waals surface area contributed by atoms with Crippen molar-refractivity contribution in [3.05, 3.63) is 246 Å². The first-order chi connectivity index (χ1) is 25.2. The Kier molecular flexibility index (Phi) is 8.62. The van der Waals surface area contributed by atoms with Crippen molar-refractivity contribution in [2.75, 3.05) is 4.90 Å². The number of benzene rings is 7. The molecular formula is C50H39N. The van der Waals surface area contributed by atoms with Crippen LogP contribution >= 0.6 is 0 Å². The minimum absolute atomic E-state index is 0.556. The van der Waals surface area contributed by atoms with Crippen LogP contribution < -0.4 is 4.90 Å². The molecule has 0 N–H and O–H groups in total. The fraction of sp³-hybridized carbons (Fsp3) is 0.0400. The summed E-state index contributed by atoms with van der Waals surface area (Å²) in [4.78, 5) is 2.42. The van der Waals surface area contributed by atoms with Crippen molar-refractivity contribution < 1.29 is 0 Å². The monoisotopic (exact) mass is 653 g/mol. The van der Waals surface area contributed by atoms with E-state index in [1.807, 2.05) is 0 Å². The molecule has 7 aromatic carbocycles. The highest BCUT2D eigenvalue weighted by Crippen LogP contribution is 2.57. The zero-order valence-electron chi connectivity index (χ0n) is 28.8. The first kappa shape index (κ1) is 31.8. The van der Waals surface area contributed by atoms with Gasteiger partial charge in [0.05, 0.1) is 11.1 Å². The lowest BCUT2D eigenvalue weighted by Crippen LogP contribution is -2.29. The molecule has 0 heterocycles. The topological polar surface area (TPSA) is 3.24 Å². The molecule has 1 aliphatic rings. The minimum atomic E-state index is -0.556. The van der Waals surface area contributed by atoms with Gasteiger partial charge in [0, 0.05) is 16.9 Å². The van der Waals surface area contributed by atoms with Gasteiger partial charge in [0.2, 0.25) is 0 Å². The molecule has 7 aromatic rings. The van der Waals surface area contributed by atoms with E-state index in [-0.39, 0.29) is 0 Å². The smallest absolute Gasteiger partial charge is 0.0714 e. The van der Waals surface area contributed by atoms with E-state index in [2.05, 4.69) is 225 Å². The van der Waals surface area contributed by atoms with Crippen LogP contribution in [0.3, 0.4) is 0 Å². The number of allylic oxidation sites excluding steroid dienone is 4. The summed E-state index contributed by atoms with van der Waals surface area (Å²) < 4.78 is 0. The Balaban J connectivity index is 1.40. The van der Waals surface area contributed by atoms with Gasteiger partial charge in [0.15, 0.2) is 0 Å². The summed E-state index contributed by atoms with van der Waals surface area (Å²) in [6, 6.07) is 69.8. The van der Waals surface area contributed by atoms with Crippen LogP contribution in [0, 0.1) is 0 Å². The Morgan fingerprint density at radius 3 is 1.55 bits per heavy atom. The second-order valence-electron chi connectivity index (χ2n) is 12.9. The summed E-state index contributed by atoms with van der Waals surface area (Å²) in [5.74, 6) is 0. The van der Waals surface area contributed by atoms with Crippen molar-refractivity contribution >= 4 is 16.9 Å². The number of hydrogen-bond acceptors (Lipinski definition) is 1. The van der Waals surface area contributed by atoms with Gasteiger partial charge >= 0.3 is 0 Å². The number of anilines is 2. The second kappa shape index (κ2) is 13.8. The van der Waals surface area contributed by atoms with Gasteiger partial charge in [-0.25, -0.2) is 0 Å². The lowest BCUT2D eigenvalue weighted by Gasteiger charge is -2.35. The number of fused-ring (bicyclic) bond motifs is 1. The average Bonchev–Trinajstić information content (AvgIpc) is 3.52. The van der Waals surface area contributed by atoms with E-state index in [9.17, 15) is 0 Å². The first-order valence-corrected chi connectivity index (χ1v) is 17.6.